The fraction of sp³-hybridized carbons (Fsp3) is 0.571. The Morgan fingerprint density at radius 3 is 2.05 bits per heavy atom. The number of ether oxygens (including phenoxy) is 2. The van der Waals surface area contributed by atoms with Crippen molar-refractivity contribution in [3.05, 3.63) is 22.2 Å². The summed E-state index contributed by atoms with van der Waals surface area (Å²) >= 11 is 3.40. The molecule has 6 heteroatoms. The minimum absolute atomic E-state index is 0. The molecule has 0 spiro atoms. The summed E-state index contributed by atoms with van der Waals surface area (Å²) in [6.45, 7) is 5.83. The van der Waals surface area contributed by atoms with Gasteiger partial charge in [-0.1, -0.05) is 20.8 Å². The molecule has 116 valence electrons. The van der Waals surface area contributed by atoms with Crippen molar-refractivity contribution in [2.75, 3.05) is 14.2 Å². The molecular formula is C14H23BrClNO3. The lowest BCUT2D eigenvalue weighted by atomic mass is 9.82. The Balaban J connectivity index is 0.00000361. The summed E-state index contributed by atoms with van der Waals surface area (Å²) < 4.78 is 11.4. The van der Waals surface area contributed by atoms with E-state index in [9.17, 15) is 5.11 Å². The molecule has 0 aliphatic carbocycles. The Morgan fingerprint density at radius 2 is 1.65 bits per heavy atom. The van der Waals surface area contributed by atoms with Crippen LogP contribution in [0.2, 0.25) is 0 Å². The number of aliphatic hydroxyl groups excluding tert-OH is 1. The number of hydrogen-bond acceptors (Lipinski definition) is 4. The van der Waals surface area contributed by atoms with Crippen LogP contribution in [-0.2, 0) is 0 Å². The second-order valence-corrected chi connectivity index (χ2v) is 6.42. The lowest BCUT2D eigenvalue weighted by Gasteiger charge is -2.31. The van der Waals surface area contributed by atoms with Gasteiger partial charge < -0.3 is 20.3 Å². The maximum absolute atomic E-state index is 10.3. The highest BCUT2D eigenvalue weighted by molar-refractivity contribution is 9.10. The van der Waals surface area contributed by atoms with Crippen molar-refractivity contribution < 1.29 is 14.6 Å². The molecule has 0 unspecified atom stereocenters. The molecular weight excluding hydrogens is 346 g/mol. The van der Waals surface area contributed by atoms with Gasteiger partial charge in [0.25, 0.3) is 0 Å². The number of benzene rings is 1. The Bertz CT molecular complexity index is 449. The van der Waals surface area contributed by atoms with E-state index in [1.165, 1.54) is 0 Å². The highest BCUT2D eigenvalue weighted by Gasteiger charge is 2.31. The van der Waals surface area contributed by atoms with Gasteiger partial charge in [0.15, 0.2) is 0 Å². The molecule has 0 fully saturated rings. The van der Waals surface area contributed by atoms with Crippen LogP contribution in [0.5, 0.6) is 11.5 Å². The van der Waals surface area contributed by atoms with Gasteiger partial charge in [0.2, 0.25) is 0 Å². The van der Waals surface area contributed by atoms with Gasteiger partial charge in [-0.05, 0) is 33.5 Å². The third-order valence-corrected chi connectivity index (χ3v) is 3.71. The molecule has 1 rings (SSSR count). The molecule has 0 aliphatic rings. The normalized spacial score (nSPS) is 14.2. The van der Waals surface area contributed by atoms with E-state index in [1.807, 2.05) is 20.8 Å². The van der Waals surface area contributed by atoms with Gasteiger partial charge in [-0.2, -0.15) is 0 Å². The van der Waals surface area contributed by atoms with Crippen molar-refractivity contribution in [3.63, 3.8) is 0 Å². The van der Waals surface area contributed by atoms with Crippen molar-refractivity contribution in [2.24, 2.45) is 11.1 Å². The summed E-state index contributed by atoms with van der Waals surface area (Å²) in [6, 6.07) is 3.04. The predicted octanol–water partition coefficient (Wildman–Crippen LogP) is 3.29. The second kappa shape index (κ2) is 7.50. The van der Waals surface area contributed by atoms with Crippen LogP contribution in [0.4, 0.5) is 0 Å². The molecule has 0 saturated carbocycles. The Morgan fingerprint density at radius 1 is 1.15 bits per heavy atom. The summed E-state index contributed by atoms with van der Waals surface area (Å²) in [5, 5.41) is 10.3. The molecule has 0 amide bonds. The van der Waals surface area contributed by atoms with E-state index < -0.39 is 12.1 Å². The summed E-state index contributed by atoms with van der Waals surface area (Å²) in [4.78, 5) is 0. The van der Waals surface area contributed by atoms with E-state index in [0.717, 1.165) is 10.0 Å². The van der Waals surface area contributed by atoms with Crippen LogP contribution in [0.1, 0.15) is 32.4 Å². The number of nitrogens with two attached hydrogens (primary N) is 1. The van der Waals surface area contributed by atoms with E-state index in [0.29, 0.717) is 11.5 Å². The molecule has 3 N–H and O–H groups in total. The smallest absolute Gasteiger partial charge is 0.133 e. The predicted molar refractivity (Wildman–Crippen MR) is 86.9 cm³/mol. The topological polar surface area (TPSA) is 64.7 Å². The van der Waals surface area contributed by atoms with Crippen LogP contribution in [-0.4, -0.2) is 25.4 Å². The minimum atomic E-state index is -0.688. The Kier molecular flexibility index (Phi) is 7.32. The largest absolute Gasteiger partial charge is 0.496 e. The minimum Gasteiger partial charge on any atom is -0.496 e. The molecule has 0 heterocycles. The SMILES string of the molecule is COc1cc([C@H](N)[C@H](O)C(C)(C)C)c(OC)cc1Br.Cl. The standard InChI is InChI=1S/C14H22BrNO3.ClH/c1-14(2,3)13(17)12(16)8-6-11(19-5)9(15)7-10(8)18-4;/h6-7,12-13,17H,16H2,1-5H3;1H/t12-,13-;/m0./s1. The van der Waals surface area contributed by atoms with Gasteiger partial charge in [0.1, 0.15) is 11.5 Å². The number of aliphatic hydroxyl groups is 1. The summed E-state index contributed by atoms with van der Waals surface area (Å²) in [5.74, 6) is 1.29. The quantitative estimate of drug-likeness (QED) is 0.856. The summed E-state index contributed by atoms with van der Waals surface area (Å²) in [6.07, 6.45) is -0.688. The van der Waals surface area contributed by atoms with Crippen molar-refractivity contribution in [1.82, 2.24) is 0 Å². The van der Waals surface area contributed by atoms with E-state index in [1.54, 1.807) is 26.4 Å². The Hall–Kier alpha value is -0.490. The van der Waals surface area contributed by atoms with Crippen LogP contribution in [0, 0.1) is 5.41 Å². The first-order valence-corrected chi connectivity index (χ1v) is 6.86. The monoisotopic (exact) mass is 367 g/mol. The average molecular weight is 369 g/mol. The van der Waals surface area contributed by atoms with Crippen LogP contribution >= 0.6 is 28.3 Å². The van der Waals surface area contributed by atoms with E-state index >= 15 is 0 Å². The van der Waals surface area contributed by atoms with Crippen molar-refractivity contribution in [3.8, 4) is 11.5 Å². The van der Waals surface area contributed by atoms with Gasteiger partial charge >= 0.3 is 0 Å². The van der Waals surface area contributed by atoms with E-state index in [4.69, 9.17) is 15.2 Å². The third kappa shape index (κ3) is 4.25. The summed E-state index contributed by atoms with van der Waals surface area (Å²) in [5.41, 5.74) is 6.59. The molecule has 0 bridgehead atoms. The molecule has 0 aromatic heterocycles. The lowest BCUT2D eigenvalue weighted by Crippen LogP contribution is -2.37. The third-order valence-electron chi connectivity index (χ3n) is 3.09. The van der Waals surface area contributed by atoms with Crippen LogP contribution in [0.3, 0.4) is 0 Å². The molecule has 0 aliphatic heterocycles. The van der Waals surface area contributed by atoms with Gasteiger partial charge in [-0.3, -0.25) is 0 Å². The second-order valence-electron chi connectivity index (χ2n) is 5.57. The van der Waals surface area contributed by atoms with Crippen LogP contribution < -0.4 is 15.2 Å². The van der Waals surface area contributed by atoms with Crippen molar-refractivity contribution in [1.29, 1.82) is 0 Å². The highest BCUT2D eigenvalue weighted by Crippen LogP contribution is 2.38. The van der Waals surface area contributed by atoms with E-state index in [-0.39, 0.29) is 17.8 Å². The van der Waals surface area contributed by atoms with Gasteiger partial charge in [-0.15, -0.1) is 12.4 Å². The highest BCUT2D eigenvalue weighted by atomic mass is 79.9. The number of rotatable bonds is 4. The van der Waals surface area contributed by atoms with Crippen LogP contribution in [0.25, 0.3) is 0 Å². The summed E-state index contributed by atoms with van der Waals surface area (Å²) in [7, 11) is 3.16. The zero-order valence-electron chi connectivity index (χ0n) is 12.4. The number of methoxy groups -OCH3 is 2. The van der Waals surface area contributed by atoms with Crippen LogP contribution in [0.15, 0.2) is 16.6 Å². The molecule has 1 aromatic carbocycles. The van der Waals surface area contributed by atoms with Gasteiger partial charge in [0.05, 0.1) is 30.8 Å². The van der Waals surface area contributed by atoms with Gasteiger partial charge in [-0.25, -0.2) is 0 Å². The fourth-order valence-corrected chi connectivity index (χ4v) is 2.34. The molecule has 0 saturated heterocycles. The van der Waals surface area contributed by atoms with Gasteiger partial charge in [0, 0.05) is 5.56 Å². The molecule has 4 nitrogen and oxygen atoms in total. The first-order valence-electron chi connectivity index (χ1n) is 6.07. The average Bonchev–Trinajstić information content (AvgIpc) is 2.35. The zero-order chi connectivity index (χ0) is 14.8. The Labute approximate surface area is 135 Å². The number of halogens is 2. The maximum Gasteiger partial charge on any atom is 0.133 e. The molecule has 20 heavy (non-hydrogen) atoms. The van der Waals surface area contributed by atoms with E-state index in [2.05, 4.69) is 15.9 Å². The maximum atomic E-state index is 10.3. The number of hydrogen-bond donors (Lipinski definition) is 2. The van der Waals surface area contributed by atoms with Crippen molar-refractivity contribution >= 4 is 28.3 Å². The molecule has 2 atom stereocenters. The van der Waals surface area contributed by atoms with Crippen molar-refractivity contribution in [2.45, 2.75) is 32.9 Å². The lowest BCUT2D eigenvalue weighted by molar-refractivity contribution is 0.0394. The first kappa shape index (κ1) is 19.5. The zero-order valence-corrected chi connectivity index (χ0v) is 14.8. The first-order chi connectivity index (χ1) is 8.72. The fourth-order valence-electron chi connectivity index (χ4n) is 1.85. The molecule has 1 aromatic rings. The molecule has 0 radical (unpaired) electrons.